The van der Waals surface area contributed by atoms with Crippen molar-refractivity contribution >= 4 is 5.91 Å². The standard InChI is InChI=1S/C14H22N2O2/c1-10-8-11(2)12(13(9-10)18-4)6-5-7-14(17)16(3)15/h8-9H,5-7,15H2,1-4H3. The Hall–Kier alpha value is -1.55. The monoisotopic (exact) mass is 250 g/mol. The normalized spacial score (nSPS) is 10.3. The van der Waals surface area contributed by atoms with Crippen LogP contribution in [0.15, 0.2) is 12.1 Å². The zero-order valence-electron chi connectivity index (χ0n) is 11.6. The maximum atomic E-state index is 11.4. The molecular formula is C14H22N2O2. The minimum absolute atomic E-state index is 0.0428. The molecule has 0 spiro atoms. The zero-order valence-corrected chi connectivity index (χ0v) is 11.6. The van der Waals surface area contributed by atoms with Crippen LogP contribution in [-0.2, 0) is 11.2 Å². The van der Waals surface area contributed by atoms with Gasteiger partial charge in [0.05, 0.1) is 7.11 Å². The van der Waals surface area contributed by atoms with Crippen LogP contribution >= 0.6 is 0 Å². The number of hydrazine groups is 1. The average molecular weight is 250 g/mol. The molecule has 0 fully saturated rings. The van der Waals surface area contributed by atoms with Crippen molar-refractivity contribution in [3.63, 3.8) is 0 Å². The van der Waals surface area contributed by atoms with E-state index in [2.05, 4.69) is 13.0 Å². The van der Waals surface area contributed by atoms with Crippen LogP contribution in [0.25, 0.3) is 0 Å². The Morgan fingerprint density at radius 2 is 2.06 bits per heavy atom. The van der Waals surface area contributed by atoms with E-state index >= 15 is 0 Å². The van der Waals surface area contributed by atoms with Gasteiger partial charge < -0.3 is 4.74 Å². The van der Waals surface area contributed by atoms with E-state index in [1.165, 1.54) is 16.7 Å². The molecule has 0 aliphatic rings. The Morgan fingerprint density at radius 3 is 2.61 bits per heavy atom. The van der Waals surface area contributed by atoms with Crippen molar-refractivity contribution in [1.82, 2.24) is 5.01 Å². The first-order valence-corrected chi connectivity index (χ1v) is 6.11. The molecule has 4 nitrogen and oxygen atoms in total. The summed E-state index contributed by atoms with van der Waals surface area (Å²) in [7, 11) is 3.25. The number of methoxy groups -OCH3 is 1. The SMILES string of the molecule is COc1cc(C)cc(C)c1CCCC(=O)N(C)N. The van der Waals surface area contributed by atoms with Crippen LogP contribution in [0, 0.1) is 13.8 Å². The van der Waals surface area contributed by atoms with Gasteiger partial charge in [0, 0.05) is 13.5 Å². The lowest BCUT2D eigenvalue weighted by Gasteiger charge is -2.14. The molecular weight excluding hydrogens is 228 g/mol. The predicted molar refractivity (Wildman–Crippen MR) is 72.4 cm³/mol. The average Bonchev–Trinajstić information content (AvgIpc) is 2.30. The van der Waals surface area contributed by atoms with Crippen LogP contribution < -0.4 is 10.6 Å². The van der Waals surface area contributed by atoms with Crippen LogP contribution in [0.5, 0.6) is 5.75 Å². The highest BCUT2D eigenvalue weighted by Crippen LogP contribution is 2.25. The second-order valence-corrected chi connectivity index (χ2v) is 4.62. The van der Waals surface area contributed by atoms with Crippen molar-refractivity contribution in [2.45, 2.75) is 33.1 Å². The van der Waals surface area contributed by atoms with E-state index in [0.29, 0.717) is 6.42 Å². The number of hydrogen-bond acceptors (Lipinski definition) is 3. The van der Waals surface area contributed by atoms with Crippen LogP contribution in [0.1, 0.15) is 29.5 Å². The lowest BCUT2D eigenvalue weighted by atomic mass is 9.99. The van der Waals surface area contributed by atoms with Gasteiger partial charge in [0.25, 0.3) is 0 Å². The third-order valence-electron chi connectivity index (χ3n) is 3.01. The van der Waals surface area contributed by atoms with E-state index in [1.807, 2.05) is 13.0 Å². The van der Waals surface area contributed by atoms with Gasteiger partial charge in [-0.05, 0) is 49.4 Å². The molecule has 0 heterocycles. The molecule has 0 aliphatic heterocycles. The Kier molecular flexibility index (Phi) is 5.16. The molecule has 2 N–H and O–H groups in total. The second-order valence-electron chi connectivity index (χ2n) is 4.62. The summed E-state index contributed by atoms with van der Waals surface area (Å²) in [6, 6.07) is 4.16. The van der Waals surface area contributed by atoms with E-state index in [-0.39, 0.29) is 5.91 Å². The van der Waals surface area contributed by atoms with Crippen molar-refractivity contribution < 1.29 is 9.53 Å². The summed E-state index contributed by atoms with van der Waals surface area (Å²) < 4.78 is 5.39. The Morgan fingerprint density at radius 1 is 1.39 bits per heavy atom. The fourth-order valence-corrected chi connectivity index (χ4v) is 2.05. The van der Waals surface area contributed by atoms with Crippen molar-refractivity contribution in [1.29, 1.82) is 0 Å². The van der Waals surface area contributed by atoms with Gasteiger partial charge in [-0.15, -0.1) is 0 Å². The fraction of sp³-hybridized carbons (Fsp3) is 0.500. The van der Waals surface area contributed by atoms with Gasteiger partial charge in [0.2, 0.25) is 5.91 Å². The van der Waals surface area contributed by atoms with Crippen LogP contribution in [0.2, 0.25) is 0 Å². The molecule has 0 unspecified atom stereocenters. The first kappa shape index (κ1) is 14.5. The van der Waals surface area contributed by atoms with Crippen LogP contribution in [-0.4, -0.2) is 25.1 Å². The van der Waals surface area contributed by atoms with Crippen molar-refractivity contribution in [2.24, 2.45) is 5.84 Å². The van der Waals surface area contributed by atoms with Crippen LogP contribution in [0.3, 0.4) is 0 Å². The van der Waals surface area contributed by atoms with Gasteiger partial charge in [-0.1, -0.05) is 6.07 Å². The Balaban J connectivity index is 2.70. The second kappa shape index (κ2) is 6.40. The summed E-state index contributed by atoms with van der Waals surface area (Å²) in [6.45, 7) is 4.12. The third-order valence-corrected chi connectivity index (χ3v) is 3.01. The Bertz CT molecular complexity index is 428. The molecule has 4 heteroatoms. The number of ether oxygens (including phenoxy) is 1. The van der Waals surface area contributed by atoms with Gasteiger partial charge in [-0.25, -0.2) is 5.84 Å². The fourth-order valence-electron chi connectivity index (χ4n) is 2.05. The highest BCUT2D eigenvalue weighted by atomic mass is 16.5. The topological polar surface area (TPSA) is 55.6 Å². The molecule has 1 amide bonds. The molecule has 18 heavy (non-hydrogen) atoms. The molecule has 1 aromatic carbocycles. The van der Waals surface area contributed by atoms with Gasteiger partial charge in [-0.2, -0.15) is 0 Å². The smallest absolute Gasteiger partial charge is 0.236 e. The minimum atomic E-state index is -0.0428. The van der Waals surface area contributed by atoms with Crippen molar-refractivity contribution in [2.75, 3.05) is 14.2 Å². The third kappa shape index (κ3) is 3.74. The maximum Gasteiger partial charge on any atom is 0.236 e. The quantitative estimate of drug-likeness (QED) is 0.494. The summed E-state index contributed by atoms with van der Waals surface area (Å²) in [6.07, 6.45) is 2.07. The van der Waals surface area contributed by atoms with Crippen LogP contribution in [0.4, 0.5) is 0 Å². The van der Waals surface area contributed by atoms with Gasteiger partial charge in [0.1, 0.15) is 5.75 Å². The molecule has 0 atom stereocenters. The van der Waals surface area contributed by atoms with E-state index in [4.69, 9.17) is 10.6 Å². The van der Waals surface area contributed by atoms with Gasteiger partial charge >= 0.3 is 0 Å². The highest BCUT2D eigenvalue weighted by molar-refractivity contribution is 5.75. The minimum Gasteiger partial charge on any atom is -0.496 e. The summed E-state index contributed by atoms with van der Waals surface area (Å²) in [5.41, 5.74) is 3.57. The van der Waals surface area contributed by atoms with Crippen molar-refractivity contribution in [3.05, 3.63) is 28.8 Å². The number of rotatable bonds is 5. The molecule has 0 aliphatic carbocycles. The summed E-state index contributed by atoms with van der Waals surface area (Å²) >= 11 is 0. The van der Waals surface area contributed by atoms with E-state index in [9.17, 15) is 4.79 Å². The molecule has 0 saturated carbocycles. The number of carbonyl (C=O) groups excluding carboxylic acids is 1. The molecule has 0 radical (unpaired) electrons. The van der Waals surface area contributed by atoms with E-state index in [1.54, 1.807) is 14.2 Å². The zero-order chi connectivity index (χ0) is 13.7. The molecule has 0 saturated heterocycles. The van der Waals surface area contributed by atoms with Crippen molar-refractivity contribution in [3.8, 4) is 5.75 Å². The number of benzene rings is 1. The predicted octanol–water partition coefficient (Wildman–Crippen LogP) is 1.97. The Labute approximate surface area is 109 Å². The van der Waals surface area contributed by atoms with Gasteiger partial charge in [0.15, 0.2) is 0 Å². The molecule has 100 valence electrons. The molecule has 0 aromatic heterocycles. The first-order chi connectivity index (χ1) is 8.45. The van der Waals surface area contributed by atoms with Gasteiger partial charge in [-0.3, -0.25) is 9.80 Å². The molecule has 1 rings (SSSR count). The number of hydrogen-bond donors (Lipinski definition) is 1. The number of nitrogens with two attached hydrogens (primary N) is 1. The summed E-state index contributed by atoms with van der Waals surface area (Å²) in [4.78, 5) is 11.4. The molecule has 1 aromatic rings. The first-order valence-electron chi connectivity index (χ1n) is 6.11. The number of carbonyl (C=O) groups is 1. The number of amides is 1. The number of nitrogens with zero attached hydrogens (tertiary/aromatic N) is 1. The summed E-state index contributed by atoms with van der Waals surface area (Å²) in [5.74, 6) is 6.24. The van der Waals surface area contributed by atoms with E-state index < -0.39 is 0 Å². The lowest BCUT2D eigenvalue weighted by Crippen LogP contribution is -2.32. The number of aryl methyl sites for hydroxylation is 2. The lowest BCUT2D eigenvalue weighted by molar-refractivity contribution is -0.130. The largest absolute Gasteiger partial charge is 0.496 e. The maximum absolute atomic E-state index is 11.4. The van der Waals surface area contributed by atoms with E-state index in [0.717, 1.165) is 23.6 Å². The molecule has 0 bridgehead atoms. The summed E-state index contributed by atoms with van der Waals surface area (Å²) in [5, 5.41) is 1.14. The highest BCUT2D eigenvalue weighted by Gasteiger charge is 2.09.